The summed E-state index contributed by atoms with van der Waals surface area (Å²) in [6.07, 6.45) is 48.3. The number of hydrogen-bond donors (Lipinski definition) is 0. The van der Waals surface area contributed by atoms with Crippen molar-refractivity contribution < 1.29 is 37.3 Å². The van der Waals surface area contributed by atoms with E-state index in [0.717, 1.165) is 57.8 Å². The highest BCUT2D eigenvalue weighted by Gasteiger charge is 2.20. The van der Waals surface area contributed by atoms with E-state index in [1.165, 1.54) is 109 Å². The monoisotopic (exact) mass is 810 g/mol. The Morgan fingerprint density at radius 2 is 0.982 bits per heavy atom. The number of allylic oxidation sites excluding steroid dienone is 8. The summed E-state index contributed by atoms with van der Waals surface area (Å²) >= 11 is 0. The van der Waals surface area contributed by atoms with Crippen molar-refractivity contribution in [3.63, 3.8) is 0 Å². The average molecular weight is 810 g/mol. The SMILES string of the molecule is CCCCC/C=C\C/C=C\C/C=C\CCCCCCCCC(=O)OC(COCCCCCCCC/C=C\CCCCCCC)COP(=O)([O-])OCC[N+](C)(C)C. The number of hydrogen-bond acceptors (Lipinski definition) is 7. The fourth-order valence-electron chi connectivity index (χ4n) is 6.02. The largest absolute Gasteiger partial charge is 0.756 e. The quantitative estimate of drug-likeness (QED) is 0.0199. The second-order valence-corrected chi connectivity index (χ2v) is 17.8. The molecule has 0 bridgehead atoms. The third-order valence-corrected chi connectivity index (χ3v) is 10.6. The molecule has 0 aromatic heterocycles. The molecule has 0 aliphatic rings. The van der Waals surface area contributed by atoms with Crippen molar-refractivity contribution in [2.45, 2.75) is 193 Å². The molecular weight excluding hydrogens is 721 g/mol. The molecule has 0 aromatic carbocycles. The summed E-state index contributed by atoms with van der Waals surface area (Å²) in [4.78, 5) is 25.1. The van der Waals surface area contributed by atoms with Crippen LogP contribution in [0.15, 0.2) is 48.6 Å². The van der Waals surface area contributed by atoms with Crippen LogP contribution >= 0.6 is 7.82 Å². The van der Waals surface area contributed by atoms with Crippen molar-refractivity contribution in [1.29, 1.82) is 0 Å². The van der Waals surface area contributed by atoms with Gasteiger partial charge in [-0.15, -0.1) is 0 Å². The van der Waals surface area contributed by atoms with Gasteiger partial charge in [0.1, 0.15) is 19.3 Å². The minimum Gasteiger partial charge on any atom is -0.756 e. The summed E-state index contributed by atoms with van der Waals surface area (Å²) in [5.74, 6) is -0.349. The van der Waals surface area contributed by atoms with Crippen LogP contribution in [0, 0.1) is 0 Å². The Kier molecular flexibility index (Phi) is 39.1. The zero-order valence-electron chi connectivity index (χ0n) is 37.1. The molecule has 0 amide bonds. The van der Waals surface area contributed by atoms with Crippen LogP contribution in [-0.4, -0.2) is 70.7 Å². The summed E-state index contributed by atoms with van der Waals surface area (Å²) in [5, 5.41) is 0. The Hall–Kier alpha value is -1.54. The maximum absolute atomic E-state index is 12.7. The predicted octanol–water partition coefficient (Wildman–Crippen LogP) is 12.9. The molecule has 0 saturated carbocycles. The Morgan fingerprint density at radius 3 is 1.52 bits per heavy atom. The van der Waals surface area contributed by atoms with E-state index in [4.69, 9.17) is 18.5 Å². The number of unbranched alkanes of at least 4 members (excludes halogenated alkanes) is 20. The van der Waals surface area contributed by atoms with Crippen molar-refractivity contribution in [3.05, 3.63) is 48.6 Å². The van der Waals surface area contributed by atoms with Gasteiger partial charge in [-0.05, 0) is 77.0 Å². The van der Waals surface area contributed by atoms with Crippen molar-refractivity contribution in [2.75, 3.05) is 54.1 Å². The molecule has 0 radical (unpaired) electrons. The molecule has 0 saturated heterocycles. The van der Waals surface area contributed by atoms with Crippen LogP contribution < -0.4 is 4.89 Å². The molecule has 9 heteroatoms. The molecule has 8 nitrogen and oxygen atoms in total. The van der Waals surface area contributed by atoms with Gasteiger partial charge in [-0.3, -0.25) is 9.36 Å². The van der Waals surface area contributed by atoms with Crippen LogP contribution in [0.25, 0.3) is 0 Å². The average Bonchev–Trinajstić information content (AvgIpc) is 3.15. The lowest BCUT2D eigenvalue weighted by Crippen LogP contribution is -2.37. The molecule has 0 N–H and O–H groups in total. The van der Waals surface area contributed by atoms with Gasteiger partial charge in [-0.25, -0.2) is 0 Å². The summed E-state index contributed by atoms with van der Waals surface area (Å²) in [7, 11) is 1.34. The van der Waals surface area contributed by atoms with Crippen LogP contribution in [0.1, 0.15) is 187 Å². The molecule has 2 unspecified atom stereocenters. The molecule has 0 aliphatic carbocycles. The van der Waals surface area contributed by atoms with Crippen LogP contribution in [0.2, 0.25) is 0 Å². The summed E-state index contributed by atoms with van der Waals surface area (Å²) in [5.41, 5.74) is 0. The van der Waals surface area contributed by atoms with E-state index in [2.05, 4.69) is 62.5 Å². The number of quaternary nitrogens is 1. The molecule has 0 heterocycles. The van der Waals surface area contributed by atoms with Gasteiger partial charge in [0, 0.05) is 13.0 Å². The van der Waals surface area contributed by atoms with Crippen LogP contribution in [0.3, 0.4) is 0 Å². The normalized spacial score (nSPS) is 14.2. The molecular formula is C47H88NO7P. The number of nitrogens with zero attached hydrogens (tertiary/aromatic N) is 1. The number of phosphoric ester groups is 1. The highest BCUT2D eigenvalue weighted by molar-refractivity contribution is 7.45. The number of esters is 1. The third kappa shape index (κ3) is 43.6. The van der Waals surface area contributed by atoms with Gasteiger partial charge in [0.15, 0.2) is 0 Å². The van der Waals surface area contributed by atoms with E-state index in [1.54, 1.807) is 0 Å². The van der Waals surface area contributed by atoms with Gasteiger partial charge in [0.2, 0.25) is 0 Å². The number of ether oxygens (including phenoxy) is 2. The summed E-state index contributed by atoms with van der Waals surface area (Å²) in [6.45, 7) is 5.35. The van der Waals surface area contributed by atoms with Gasteiger partial charge in [-0.2, -0.15) is 0 Å². The first-order valence-electron chi connectivity index (χ1n) is 22.9. The Bertz CT molecular complexity index is 1040. The molecule has 0 aromatic rings. The smallest absolute Gasteiger partial charge is 0.306 e. The van der Waals surface area contributed by atoms with Crippen molar-refractivity contribution in [1.82, 2.24) is 0 Å². The Labute approximate surface area is 346 Å². The van der Waals surface area contributed by atoms with E-state index in [9.17, 15) is 14.3 Å². The predicted molar refractivity (Wildman–Crippen MR) is 236 cm³/mol. The summed E-state index contributed by atoms with van der Waals surface area (Å²) < 4.78 is 34.6. The zero-order chi connectivity index (χ0) is 41.3. The lowest BCUT2D eigenvalue weighted by Gasteiger charge is -2.28. The number of phosphoric acid groups is 1. The Balaban J connectivity index is 4.26. The number of rotatable bonds is 42. The molecule has 0 spiro atoms. The molecule has 0 aliphatic heterocycles. The lowest BCUT2D eigenvalue weighted by atomic mass is 10.1. The number of carbonyl (C=O) groups excluding carboxylic acids is 1. The minimum absolute atomic E-state index is 0.0208. The topological polar surface area (TPSA) is 94.1 Å². The highest BCUT2D eigenvalue weighted by Crippen LogP contribution is 2.38. The molecule has 56 heavy (non-hydrogen) atoms. The van der Waals surface area contributed by atoms with Crippen LogP contribution in [0.5, 0.6) is 0 Å². The maximum atomic E-state index is 12.7. The first-order chi connectivity index (χ1) is 27.1. The summed E-state index contributed by atoms with van der Waals surface area (Å²) in [6, 6.07) is 0. The van der Waals surface area contributed by atoms with Gasteiger partial charge < -0.3 is 27.9 Å². The lowest BCUT2D eigenvalue weighted by molar-refractivity contribution is -0.870. The molecule has 2 atom stereocenters. The van der Waals surface area contributed by atoms with E-state index in [-0.39, 0.29) is 25.8 Å². The molecule has 328 valence electrons. The van der Waals surface area contributed by atoms with E-state index >= 15 is 0 Å². The standard InChI is InChI=1S/C47H88NO7P/c1-6-8-10-12-14-16-18-20-22-23-24-25-26-28-30-32-34-36-38-40-47(49)55-46(45-54-56(50,51)53-43-41-48(3,4)5)44-52-42-39-37-35-33-31-29-27-21-19-17-15-13-11-9-7-2/h14,16,19-22,24-25,46H,6-13,15,17-18,23,26-45H2,1-5H3/b16-14-,21-19-,22-20-,25-24-. The van der Waals surface area contributed by atoms with E-state index < -0.39 is 13.9 Å². The van der Waals surface area contributed by atoms with Gasteiger partial charge in [0.05, 0.1) is 34.4 Å². The van der Waals surface area contributed by atoms with E-state index in [0.29, 0.717) is 24.1 Å². The first-order valence-corrected chi connectivity index (χ1v) is 24.3. The second-order valence-electron chi connectivity index (χ2n) is 16.4. The number of carbonyl (C=O) groups is 1. The van der Waals surface area contributed by atoms with Crippen LogP contribution in [0.4, 0.5) is 0 Å². The van der Waals surface area contributed by atoms with Gasteiger partial charge in [0.25, 0.3) is 7.82 Å². The third-order valence-electron chi connectivity index (χ3n) is 9.60. The molecule has 0 rings (SSSR count). The van der Waals surface area contributed by atoms with Gasteiger partial charge >= 0.3 is 5.97 Å². The zero-order valence-corrected chi connectivity index (χ0v) is 38.0. The van der Waals surface area contributed by atoms with Crippen molar-refractivity contribution >= 4 is 13.8 Å². The highest BCUT2D eigenvalue weighted by atomic mass is 31.2. The van der Waals surface area contributed by atoms with Crippen molar-refractivity contribution in [3.8, 4) is 0 Å². The van der Waals surface area contributed by atoms with Crippen molar-refractivity contribution in [2.24, 2.45) is 0 Å². The maximum Gasteiger partial charge on any atom is 0.306 e. The first kappa shape index (κ1) is 54.5. The Morgan fingerprint density at radius 1 is 0.554 bits per heavy atom. The minimum atomic E-state index is -4.53. The fraction of sp³-hybridized carbons (Fsp3) is 0.809. The van der Waals surface area contributed by atoms with Crippen LogP contribution in [-0.2, 0) is 27.9 Å². The number of likely N-dealkylation sites (N-methyl/N-ethyl adjacent to an activating group) is 1. The molecule has 0 fully saturated rings. The van der Waals surface area contributed by atoms with Gasteiger partial charge in [-0.1, -0.05) is 152 Å². The van der Waals surface area contributed by atoms with E-state index in [1.807, 2.05) is 21.1 Å². The second kappa shape index (κ2) is 40.2. The fourth-order valence-corrected chi connectivity index (χ4v) is 6.75.